The first-order chi connectivity index (χ1) is 11.7. The third-order valence-electron chi connectivity index (χ3n) is 4.92. The maximum Gasteiger partial charge on any atom is 0.270 e. The molecule has 6 nitrogen and oxygen atoms in total. The Morgan fingerprint density at radius 2 is 1.96 bits per heavy atom. The third-order valence-corrected chi connectivity index (χ3v) is 4.92. The van der Waals surface area contributed by atoms with Crippen LogP contribution in [-0.4, -0.2) is 55.5 Å². The maximum atomic E-state index is 12.8. The van der Waals surface area contributed by atoms with E-state index in [4.69, 9.17) is 14.2 Å². The van der Waals surface area contributed by atoms with Crippen molar-refractivity contribution in [2.75, 3.05) is 33.4 Å². The number of ether oxygens (including phenoxy) is 3. The first-order valence-corrected chi connectivity index (χ1v) is 8.44. The van der Waals surface area contributed by atoms with E-state index in [-0.39, 0.29) is 12.2 Å². The van der Waals surface area contributed by atoms with E-state index in [2.05, 4.69) is 4.98 Å². The molecule has 2 saturated heterocycles. The lowest BCUT2D eigenvalue weighted by molar-refractivity contribution is -0.0956. The van der Waals surface area contributed by atoms with Crippen LogP contribution < -0.4 is 4.74 Å². The first kappa shape index (κ1) is 15.5. The van der Waals surface area contributed by atoms with Crippen LogP contribution in [0.3, 0.4) is 0 Å². The molecule has 24 heavy (non-hydrogen) atoms. The van der Waals surface area contributed by atoms with Crippen LogP contribution >= 0.6 is 0 Å². The number of amides is 1. The Morgan fingerprint density at radius 3 is 2.67 bits per heavy atom. The highest BCUT2D eigenvalue weighted by molar-refractivity contribution is 5.98. The van der Waals surface area contributed by atoms with Crippen molar-refractivity contribution in [3.63, 3.8) is 0 Å². The quantitative estimate of drug-likeness (QED) is 0.939. The van der Waals surface area contributed by atoms with E-state index in [1.54, 1.807) is 7.11 Å². The van der Waals surface area contributed by atoms with E-state index < -0.39 is 0 Å². The van der Waals surface area contributed by atoms with Crippen molar-refractivity contribution >= 4 is 16.8 Å². The summed E-state index contributed by atoms with van der Waals surface area (Å²) in [5, 5.41) is 0.986. The van der Waals surface area contributed by atoms with Gasteiger partial charge in [-0.05, 0) is 37.1 Å². The summed E-state index contributed by atoms with van der Waals surface area (Å²) in [6, 6.07) is 7.66. The molecule has 0 saturated carbocycles. The van der Waals surface area contributed by atoms with Crippen LogP contribution in [0.1, 0.15) is 23.3 Å². The minimum atomic E-state index is -0.0807. The van der Waals surface area contributed by atoms with Crippen LogP contribution in [0.15, 0.2) is 24.3 Å². The number of nitrogens with one attached hydrogen (secondary N) is 1. The lowest BCUT2D eigenvalue weighted by atomic mass is 9.96. The molecule has 6 heteroatoms. The fraction of sp³-hybridized carbons (Fsp3) is 0.500. The number of likely N-dealkylation sites (tertiary alicyclic amines) is 1. The number of piperidine rings is 1. The zero-order valence-electron chi connectivity index (χ0n) is 13.8. The molecular formula is C18H22N2O4. The molecule has 2 aliphatic heterocycles. The smallest absolute Gasteiger partial charge is 0.270 e. The number of aromatic nitrogens is 1. The zero-order valence-corrected chi connectivity index (χ0v) is 13.8. The van der Waals surface area contributed by atoms with Crippen LogP contribution in [0.5, 0.6) is 5.75 Å². The van der Waals surface area contributed by atoms with Gasteiger partial charge in [0.1, 0.15) is 11.4 Å². The molecule has 2 aliphatic rings. The predicted octanol–water partition coefficient (Wildman–Crippen LogP) is 2.40. The number of nitrogens with zero attached hydrogens (tertiary/aromatic N) is 1. The van der Waals surface area contributed by atoms with Gasteiger partial charge in [0.15, 0.2) is 6.29 Å². The van der Waals surface area contributed by atoms with Crippen molar-refractivity contribution in [3.8, 4) is 5.75 Å². The molecule has 4 rings (SSSR count). The largest absolute Gasteiger partial charge is 0.497 e. The molecule has 1 aromatic heterocycles. The number of rotatable bonds is 3. The topological polar surface area (TPSA) is 63.8 Å². The summed E-state index contributed by atoms with van der Waals surface area (Å²) in [5.41, 5.74) is 1.58. The second-order valence-corrected chi connectivity index (χ2v) is 6.38. The Hall–Kier alpha value is -2.05. The molecule has 3 heterocycles. The van der Waals surface area contributed by atoms with Crippen molar-refractivity contribution in [1.29, 1.82) is 0 Å². The van der Waals surface area contributed by atoms with Gasteiger partial charge in [-0.25, -0.2) is 0 Å². The fourth-order valence-electron chi connectivity index (χ4n) is 3.55. The monoisotopic (exact) mass is 330 g/mol. The standard InChI is InChI=1S/C18H22N2O4/c1-22-14-2-3-15-13(10-14)11-16(19-15)17(21)20-6-4-12(5-7-20)18-23-8-9-24-18/h2-3,10-12,18-19H,4-9H2,1H3. The number of aromatic amines is 1. The average Bonchev–Trinajstić information content (AvgIpc) is 3.30. The Labute approximate surface area is 140 Å². The van der Waals surface area contributed by atoms with E-state index in [0.29, 0.717) is 24.8 Å². The number of hydrogen-bond donors (Lipinski definition) is 1. The molecule has 0 atom stereocenters. The van der Waals surface area contributed by atoms with Gasteiger partial charge in [0.25, 0.3) is 5.91 Å². The van der Waals surface area contributed by atoms with Crippen molar-refractivity contribution in [2.45, 2.75) is 19.1 Å². The molecule has 2 fully saturated rings. The number of fused-ring (bicyclic) bond motifs is 1. The molecule has 1 aromatic carbocycles. The molecule has 128 valence electrons. The van der Waals surface area contributed by atoms with Gasteiger partial charge in [-0.3, -0.25) is 4.79 Å². The van der Waals surface area contributed by atoms with Crippen LogP contribution in [0, 0.1) is 5.92 Å². The van der Waals surface area contributed by atoms with Gasteiger partial charge in [0.05, 0.1) is 20.3 Å². The summed E-state index contributed by atoms with van der Waals surface area (Å²) < 4.78 is 16.4. The first-order valence-electron chi connectivity index (χ1n) is 8.44. The van der Waals surface area contributed by atoms with Gasteiger partial charge in [0, 0.05) is 29.9 Å². The van der Waals surface area contributed by atoms with Crippen molar-refractivity contribution in [3.05, 3.63) is 30.0 Å². The summed E-state index contributed by atoms with van der Waals surface area (Å²) in [6.07, 6.45) is 1.76. The molecule has 0 unspecified atom stereocenters. The highest BCUT2D eigenvalue weighted by Crippen LogP contribution is 2.27. The Bertz CT molecular complexity index is 728. The summed E-state index contributed by atoms with van der Waals surface area (Å²) in [6.45, 7) is 2.85. The number of methoxy groups -OCH3 is 1. The van der Waals surface area contributed by atoms with Gasteiger partial charge in [0.2, 0.25) is 0 Å². The fourth-order valence-corrected chi connectivity index (χ4v) is 3.55. The molecule has 1 N–H and O–H groups in total. The molecule has 0 aliphatic carbocycles. The normalized spacial score (nSPS) is 20.0. The van der Waals surface area contributed by atoms with Crippen LogP contribution in [0.25, 0.3) is 10.9 Å². The van der Waals surface area contributed by atoms with Gasteiger partial charge < -0.3 is 24.1 Å². The summed E-state index contributed by atoms with van der Waals surface area (Å²) in [4.78, 5) is 17.9. The molecule has 2 aromatic rings. The minimum absolute atomic E-state index is 0.0527. The lowest BCUT2D eigenvalue weighted by Gasteiger charge is -2.33. The second-order valence-electron chi connectivity index (χ2n) is 6.38. The number of H-pyrrole nitrogens is 1. The Morgan fingerprint density at radius 1 is 1.21 bits per heavy atom. The number of carbonyl (C=O) groups is 1. The summed E-state index contributed by atoms with van der Waals surface area (Å²) in [5.74, 6) is 1.23. The van der Waals surface area contributed by atoms with Gasteiger partial charge in [-0.2, -0.15) is 0 Å². The van der Waals surface area contributed by atoms with Gasteiger partial charge >= 0.3 is 0 Å². The number of hydrogen-bond acceptors (Lipinski definition) is 4. The van der Waals surface area contributed by atoms with E-state index in [9.17, 15) is 4.79 Å². The number of benzene rings is 1. The molecule has 0 spiro atoms. The average molecular weight is 330 g/mol. The highest BCUT2D eigenvalue weighted by atomic mass is 16.7. The molecule has 1 amide bonds. The van der Waals surface area contributed by atoms with Crippen LogP contribution in [-0.2, 0) is 9.47 Å². The maximum absolute atomic E-state index is 12.8. The number of carbonyl (C=O) groups excluding carboxylic acids is 1. The van der Waals surface area contributed by atoms with Crippen molar-refractivity contribution in [1.82, 2.24) is 9.88 Å². The van der Waals surface area contributed by atoms with Crippen molar-refractivity contribution in [2.24, 2.45) is 5.92 Å². The summed E-state index contributed by atoms with van der Waals surface area (Å²) >= 11 is 0. The highest BCUT2D eigenvalue weighted by Gasteiger charge is 2.32. The molecule has 0 bridgehead atoms. The summed E-state index contributed by atoms with van der Waals surface area (Å²) in [7, 11) is 1.64. The molecule has 0 radical (unpaired) electrons. The SMILES string of the molecule is COc1ccc2[nH]c(C(=O)N3CCC(C4OCCO4)CC3)cc2c1. The van der Waals surface area contributed by atoms with E-state index in [1.165, 1.54) is 0 Å². The molecular weight excluding hydrogens is 308 g/mol. The van der Waals surface area contributed by atoms with Gasteiger partial charge in [-0.1, -0.05) is 0 Å². The van der Waals surface area contributed by atoms with E-state index in [0.717, 1.165) is 42.6 Å². The Balaban J connectivity index is 1.44. The van der Waals surface area contributed by atoms with Crippen molar-refractivity contribution < 1.29 is 19.0 Å². The van der Waals surface area contributed by atoms with E-state index >= 15 is 0 Å². The zero-order chi connectivity index (χ0) is 16.5. The van der Waals surface area contributed by atoms with Gasteiger partial charge in [-0.15, -0.1) is 0 Å². The van der Waals surface area contributed by atoms with Crippen LogP contribution in [0.2, 0.25) is 0 Å². The lowest BCUT2D eigenvalue weighted by Crippen LogP contribution is -2.41. The third kappa shape index (κ3) is 2.87. The Kier molecular flexibility index (Phi) is 4.16. The van der Waals surface area contributed by atoms with Crippen LogP contribution in [0.4, 0.5) is 0 Å². The minimum Gasteiger partial charge on any atom is -0.497 e. The van der Waals surface area contributed by atoms with E-state index in [1.807, 2.05) is 29.2 Å². The predicted molar refractivity (Wildman–Crippen MR) is 89.2 cm³/mol. The second kappa shape index (κ2) is 6.45.